The maximum atomic E-state index is 13.7. The van der Waals surface area contributed by atoms with E-state index in [-0.39, 0.29) is 13.2 Å². The van der Waals surface area contributed by atoms with Gasteiger partial charge in [0.05, 0.1) is 12.5 Å². The van der Waals surface area contributed by atoms with Gasteiger partial charge in [0.25, 0.3) is 0 Å². The van der Waals surface area contributed by atoms with Crippen molar-refractivity contribution in [3.8, 4) is 0 Å². The number of carbonyl (C=O) groups excluding carboxylic acids is 2. The van der Waals surface area contributed by atoms with E-state index < -0.39 is 41.1 Å². The highest BCUT2D eigenvalue weighted by molar-refractivity contribution is 5.75. The minimum Gasteiger partial charge on any atom is -0.466 e. The highest BCUT2D eigenvalue weighted by Crippen LogP contribution is 2.34. The maximum absolute atomic E-state index is 13.7. The number of nitrogens with zero attached hydrogens (tertiary/aromatic N) is 1. The molecule has 0 radical (unpaired) electrons. The van der Waals surface area contributed by atoms with Gasteiger partial charge in [-0.05, 0) is 51.8 Å². The molecule has 2 rings (SSSR count). The fourth-order valence-corrected chi connectivity index (χ4v) is 3.06. The number of hydrogen-bond acceptors (Lipinski definition) is 4. The summed E-state index contributed by atoms with van der Waals surface area (Å²) in [5, 5.41) is 0. The SMILES string of the molecule is CCOC(=O)[C@H]1CCN(C(=O)OC(C)(C)C)C[C@@H]1c1ccc(F)c(F)c1. The van der Waals surface area contributed by atoms with E-state index in [1.165, 1.54) is 11.0 Å². The number of likely N-dealkylation sites (tertiary alicyclic amines) is 1. The average molecular weight is 369 g/mol. The number of ether oxygens (including phenoxy) is 2. The summed E-state index contributed by atoms with van der Waals surface area (Å²) in [6, 6.07) is 3.54. The van der Waals surface area contributed by atoms with Crippen molar-refractivity contribution < 1.29 is 27.8 Å². The lowest BCUT2D eigenvalue weighted by Gasteiger charge is -2.38. The molecule has 0 aromatic heterocycles. The number of rotatable bonds is 3. The summed E-state index contributed by atoms with van der Waals surface area (Å²) in [5.74, 6) is -3.37. The molecule has 0 unspecified atom stereocenters. The summed E-state index contributed by atoms with van der Waals surface area (Å²) in [5.41, 5.74) is -0.192. The van der Waals surface area contributed by atoms with E-state index in [4.69, 9.17) is 9.47 Å². The second-order valence-electron chi connectivity index (χ2n) is 7.35. The second kappa shape index (κ2) is 8.01. The van der Waals surface area contributed by atoms with E-state index in [1.807, 2.05) is 0 Å². The van der Waals surface area contributed by atoms with E-state index >= 15 is 0 Å². The Morgan fingerprint density at radius 2 is 1.92 bits per heavy atom. The number of amides is 1. The Kier molecular flexibility index (Phi) is 6.21. The molecule has 5 nitrogen and oxygen atoms in total. The molecule has 0 spiro atoms. The fraction of sp³-hybridized carbons (Fsp3) is 0.579. The van der Waals surface area contributed by atoms with Crippen molar-refractivity contribution in [2.45, 2.75) is 45.6 Å². The Morgan fingerprint density at radius 3 is 2.50 bits per heavy atom. The van der Waals surface area contributed by atoms with Crippen molar-refractivity contribution in [2.75, 3.05) is 19.7 Å². The number of esters is 1. The molecule has 1 heterocycles. The smallest absolute Gasteiger partial charge is 0.410 e. The fourth-order valence-electron chi connectivity index (χ4n) is 3.06. The van der Waals surface area contributed by atoms with Crippen molar-refractivity contribution in [3.63, 3.8) is 0 Å². The predicted molar refractivity (Wildman–Crippen MR) is 91.6 cm³/mol. The number of carbonyl (C=O) groups is 2. The van der Waals surface area contributed by atoms with Crippen LogP contribution in [0.25, 0.3) is 0 Å². The van der Waals surface area contributed by atoms with Crippen molar-refractivity contribution in [1.29, 1.82) is 0 Å². The lowest BCUT2D eigenvalue weighted by molar-refractivity contribution is -0.150. The summed E-state index contributed by atoms with van der Waals surface area (Å²) in [7, 11) is 0. The van der Waals surface area contributed by atoms with Gasteiger partial charge in [0.2, 0.25) is 0 Å². The van der Waals surface area contributed by atoms with Gasteiger partial charge in [-0.2, -0.15) is 0 Å². The van der Waals surface area contributed by atoms with E-state index in [0.29, 0.717) is 18.5 Å². The third-order valence-corrected chi connectivity index (χ3v) is 4.23. The summed E-state index contributed by atoms with van der Waals surface area (Å²) < 4.78 is 37.5. The van der Waals surface area contributed by atoms with E-state index in [0.717, 1.165) is 12.1 Å². The van der Waals surface area contributed by atoms with Crippen LogP contribution in [0.15, 0.2) is 18.2 Å². The Bertz CT molecular complexity index is 672. The highest BCUT2D eigenvalue weighted by atomic mass is 19.2. The van der Waals surface area contributed by atoms with Gasteiger partial charge in [-0.15, -0.1) is 0 Å². The van der Waals surface area contributed by atoms with Crippen LogP contribution < -0.4 is 0 Å². The molecule has 1 aromatic rings. The van der Waals surface area contributed by atoms with Gasteiger partial charge in [-0.25, -0.2) is 13.6 Å². The Balaban J connectivity index is 2.27. The molecule has 0 aliphatic carbocycles. The molecule has 7 heteroatoms. The summed E-state index contributed by atoms with van der Waals surface area (Å²) in [6.45, 7) is 7.74. The average Bonchev–Trinajstić information content (AvgIpc) is 2.55. The molecule has 1 aliphatic heterocycles. The van der Waals surface area contributed by atoms with E-state index in [2.05, 4.69) is 0 Å². The van der Waals surface area contributed by atoms with Gasteiger partial charge in [-0.1, -0.05) is 6.07 Å². The quantitative estimate of drug-likeness (QED) is 0.759. The van der Waals surface area contributed by atoms with Crippen LogP contribution >= 0.6 is 0 Å². The van der Waals surface area contributed by atoms with Crippen LogP contribution in [0.4, 0.5) is 13.6 Å². The molecule has 144 valence electrons. The number of benzene rings is 1. The van der Waals surface area contributed by atoms with Gasteiger partial charge in [0.15, 0.2) is 11.6 Å². The number of halogens is 2. The molecule has 0 saturated carbocycles. The molecular weight excluding hydrogens is 344 g/mol. The monoisotopic (exact) mass is 369 g/mol. The minimum atomic E-state index is -0.987. The Labute approximate surface area is 152 Å². The molecule has 1 fully saturated rings. The number of piperidine rings is 1. The van der Waals surface area contributed by atoms with Crippen LogP contribution in [-0.2, 0) is 14.3 Å². The Morgan fingerprint density at radius 1 is 1.23 bits per heavy atom. The predicted octanol–water partition coefficient (Wildman–Crippen LogP) is 3.87. The van der Waals surface area contributed by atoms with E-state index in [9.17, 15) is 18.4 Å². The van der Waals surface area contributed by atoms with Crippen LogP contribution in [0.2, 0.25) is 0 Å². The zero-order valence-electron chi connectivity index (χ0n) is 15.6. The summed E-state index contributed by atoms with van der Waals surface area (Å²) >= 11 is 0. The van der Waals surface area contributed by atoms with Crippen molar-refractivity contribution in [1.82, 2.24) is 4.90 Å². The molecule has 1 aromatic carbocycles. The van der Waals surface area contributed by atoms with Crippen LogP contribution in [0.1, 0.15) is 45.6 Å². The minimum absolute atomic E-state index is 0.170. The third-order valence-electron chi connectivity index (χ3n) is 4.23. The van der Waals surface area contributed by atoms with Crippen LogP contribution in [0, 0.1) is 17.6 Å². The first-order chi connectivity index (χ1) is 12.1. The van der Waals surface area contributed by atoms with Crippen molar-refractivity contribution >= 4 is 12.1 Å². The van der Waals surface area contributed by atoms with Gasteiger partial charge < -0.3 is 14.4 Å². The van der Waals surface area contributed by atoms with E-state index in [1.54, 1.807) is 27.7 Å². The van der Waals surface area contributed by atoms with Crippen LogP contribution in [-0.4, -0.2) is 42.3 Å². The molecule has 1 saturated heterocycles. The molecule has 0 bridgehead atoms. The first-order valence-corrected chi connectivity index (χ1v) is 8.72. The standard InChI is InChI=1S/C19H25F2NO4/c1-5-25-17(23)13-8-9-22(18(24)26-19(2,3)4)11-14(13)12-6-7-15(20)16(21)10-12/h6-7,10,13-14H,5,8-9,11H2,1-4H3/t13-,14+/m0/s1. The second-order valence-corrected chi connectivity index (χ2v) is 7.35. The first-order valence-electron chi connectivity index (χ1n) is 8.72. The first kappa shape index (κ1) is 20.1. The molecule has 1 aliphatic rings. The molecule has 26 heavy (non-hydrogen) atoms. The Hall–Kier alpha value is -2.18. The van der Waals surface area contributed by atoms with Gasteiger partial charge in [-0.3, -0.25) is 4.79 Å². The molecule has 1 amide bonds. The zero-order chi connectivity index (χ0) is 19.5. The van der Waals surface area contributed by atoms with Gasteiger partial charge in [0, 0.05) is 19.0 Å². The molecule has 2 atom stereocenters. The van der Waals surface area contributed by atoms with Crippen LogP contribution in [0.5, 0.6) is 0 Å². The largest absolute Gasteiger partial charge is 0.466 e. The van der Waals surface area contributed by atoms with Crippen molar-refractivity contribution in [3.05, 3.63) is 35.4 Å². The normalized spacial score (nSPS) is 20.6. The molecule has 0 N–H and O–H groups in total. The zero-order valence-corrected chi connectivity index (χ0v) is 15.6. The topological polar surface area (TPSA) is 55.8 Å². The van der Waals surface area contributed by atoms with Gasteiger partial charge in [0.1, 0.15) is 5.60 Å². The highest BCUT2D eigenvalue weighted by Gasteiger charge is 2.39. The lowest BCUT2D eigenvalue weighted by Crippen LogP contribution is -2.47. The summed E-state index contributed by atoms with van der Waals surface area (Å²) in [6.07, 6.45) is -0.130. The number of hydrogen-bond donors (Lipinski definition) is 0. The van der Waals surface area contributed by atoms with Gasteiger partial charge >= 0.3 is 12.1 Å². The van der Waals surface area contributed by atoms with Crippen molar-refractivity contribution in [2.24, 2.45) is 5.92 Å². The lowest BCUT2D eigenvalue weighted by atomic mass is 9.80. The molecular formula is C19H25F2NO4. The van der Waals surface area contributed by atoms with Crippen LogP contribution in [0.3, 0.4) is 0 Å². The summed E-state index contributed by atoms with van der Waals surface area (Å²) in [4.78, 5) is 26.2. The third kappa shape index (κ3) is 4.93. The maximum Gasteiger partial charge on any atom is 0.410 e.